The Labute approximate surface area is 58.8 Å². The molecule has 56 valence electrons. The maximum Gasteiger partial charge on any atom is 0.0356 e. The minimum absolute atomic E-state index is 0.731. The van der Waals surface area contributed by atoms with Gasteiger partial charge in [-0.25, -0.2) is 0 Å². The summed E-state index contributed by atoms with van der Waals surface area (Å²) in [5, 5.41) is 12.3. The second-order valence-corrected chi connectivity index (χ2v) is 2.54. The summed E-state index contributed by atoms with van der Waals surface area (Å²) in [6.07, 6.45) is 0. The van der Waals surface area contributed by atoms with Crippen molar-refractivity contribution in [3.8, 4) is 0 Å². The van der Waals surface area contributed by atoms with Gasteiger partial charge in [0.2, 0.25) is 0 Å². The molecule has 0 heterocycles. The van der Waals surface area contributed by atoms with Gasteiger partial charge in [0.15, 0.2) is 0 Å². The van der Waals surface area contributed by atoms with E-state index in [0.717, 1.165) is 24.3 Å². The van der Waals surface area contributed by atoms with Crippen molar-refractivity contribution in [1.29, 1.82) is 0 Å². The van der Waals surface area contributed by atoms with E-state index in [4.69, 9.17) is 0 Å². The molecule has 0 aliphatic rings. The van der Waals surface area contributed by atoms with Crippen molar-refractivity contribution < 1.29 is 14.6 Å². The van der Waals surface area contributed by atoms with Gasteiger partial charge in [0.05, 0.1) is 0 Å². The molecule has 0 unspecified atom stereocenters. The van der Waals surface area contributed by atoms with Gasteiger partial charge in [0.25, 0.3) is 0 Å². The highest BCUT2D eigenvalue weighted by Crippen LogP contribution is 1.99. The summed E-state index contributed by atoms with van der Waals surface area (Å²) in [5.74, 6) is 0.731. The number of rotatable bonds is 5. The Hall–Kier alpha value is 0.190. The standard InChI is InChI=1S/C4H11NO3S/c1-5(2)3-4-9-8-7-6/h6H,3-4H2,1-2H3/p-1. The van der Waals surface area contributed by atoms with Crippen LogP contribution in [0.15, 0.2) is 0 Å². The molecule has 0 aromatic heterocycles. The summed E-state index contributed by atoms with van der Waals surface area (Å²) in [5.41, 5.74) is 0. The minimum Gasteiger partial charge on any atom is -0.691 e. The van der Waals surface area contributed by atoms with Crippen LogP contribution < -0.4 is 5.26 Å². The largest absolute Gasteiger partial charge is 0.691 e. The average molecular weight is 152 g/mol. The van der Waals surface area contributed by atoms with Gasteiger partial charge < -0.3 is 10.2 Å². The summed E-state index contributed by atoms with van der Waals surface area (Å²) in [7, 11) is 3.89. The molecule has 0 bridgehead atoms. The number of hydrogen-bond acceptors (Lipinski definition) is 5. The molecule has 0 saturated heterocycles. The molecule has 0 atom stereocenters. The van der Waals surface area contributed by atoms with Crippen molar-refractivity contribution in [2.45, 2.75) is 0 Å². The quantitative estimate of drug-likeness (QED) is 0.228. The smallest absolute Gasteiger partial charge is 0.0356 e. The third-order valence-electron chi connectivity index (χ3n) is 0.698. The van der Waals surface area contributed by atoms with E-state index in [2.05, 4.69) is 9.37 Å². The second kappa shape index (κ2) is 6.31. The number of hydrogen-bond donors (Lipinski definition) is 0. The Morgan fingerprint density at radius 1 is 1.56 bits per heavy atom. The molecular weight excluding hydrogens is 142 g/mol. The van der Waals surface area contributed by atoms with Crippen molar-refractivity contribution in [2.75, 3.05) is 26.4 Å². The van der Waals surface area contributed by atoms with Gasteiger partial charge in [-0.3, -0.25) is 5.04 Å². The molecule has 0 N–H and O–H groups in total. The molecule has 9 heavy (non-hydrogen) atoms. The first-order valence-corrected chi connectivity index (χ1v) is 3.41. The molecular formula is C4H10NO3S-. The molecule has 0 radical (unpaired) electrons. The lowest BCUT2D eigenvalue weighted by Crippen LogP contribution is -2.15. The minimum atomic E-state index is 0.731. The van der Waals surface area contributed by atoms with Crippen LogP contribution in [0, 0.1) is 0 Å². The van der Waals surface area contributed by atoms with Crippen molar-refractivity contribution in [2.24, 2.45) is 0 Å². The molecule has 0 aliphatic carbocycles. The molecule has 0 amide bonds. The van der Waals surface area contributed by atoms with Crippen molar-refractivity contribution in [1.82, 2.24) is 4.90 Å². The summed E-state index contributed by atoms with van der Waals surface area (Å²) in [4.78, 5) is 1.99. The van der Waals surface area contributed by atoms with E-state index >= 15 is 0 Å². The Kier molecular flexibility index (Phi) is 6.45. The van der Waals surface area contributed by atoms with Crippen LogP contribution in [0.5, 0.6) is 0 Å². The first-order valence-electron chi connectivity index (χ1n) is 2.50. The predicted octanol–water partition coefficient (Wildman–Crippen LogP) is -0.580. The fourth-order valence-electron chi connectivity index (χ4n) is 0.274. The zero-order valence-electron chi connectivity index (χ0n) is 5.49. The molecule has 0 aliphatic heterocycles. The van der Waals surface area contributed by atoms with E-state index in [-0.39, 0.29) is 0 Å². The highest BCUT2D eigenvalue weighted by molar-refractivity contribution is 7.94. The van der Waals surface area contributed by atoms with Crippen LogP contribution >= 0.6 is 12.0 Å². The zero-order valence-corrected chi connectivity index (χ0v) is 6.31. The molecule has 0 fully saturated rings. The lowest BCUT2D eigenvalue weighted by Gasteiger charge is -2.08. The first-order chi connectivity index (χ1) is 4.27. The zero-order chi connectivity index (χ0) is 7.11. The van der Waals surface area contributed by atoms with Gasteiger partial charge >= 0.3 is 0 Å². The van der Waals surface area contributed by atoms with Gasteiger partial charge in [-0.05, 0) is 14.1 Å². The molecule has 0 saturated carbocycles. The first kappa shape index (κ1) is 9.19. The van der Waals surface area contributed by atoms with Gasteiger partial charge in [0, 0.05) is 24.3 Å². The summed E-state index contributed by atoms with van der Waals surface area (Å²) in [6.45, 7) is 0.869. The summed E-state index contributed by atoms with van der Waals surface area (Å²) < 4.78 is 4.02. The SMILES string of the molecule is CN(C)CCSOO[O-]. The maximum absolute atomic E-state index is 9.22. The topological polar surface area (TPSA) is 44.8 Å². The Morgan fingerprint density at radius 3 is 2.67 bits per heavy atom. The van der Waals surface area contributed by atoms with Crippen LogP contribution in [0.2, 0.25) is 0 Å². The Balaban J connectivity index is 2.75. The van der Waals surface area contributed by atoms with E-state index < -0.39 is 0 Å². The fraction of sp³-hybridized carbons (Fsp3) is 1.00. The van der Waals surface area contributed by atoms with E-state index in [1.165, 1.54) is 0 Å². The third kappa shape index (κ3) is 8.19. The van der Waals surface area contributed by atoms with E-state index in [0.29, 0.717) is 0 Å². The molecule has 0 spiro atoms. The van der Waals surface area contributed by atoms with E-state index in [9.17, 15) is 5.26 Å². The van der Waals surface area contributed by atoms with Crippen LogP contribution in [-0.4, -0.2) is 31.3 Å². The van der Waals surface area contributed by atoms with Gasteiger partial charge in [0.1, 0.15) is 0 Å². The van der Waals surface area contributed by atoms with Gasteiger partial charge in [-0.15, -0.1) is 0 Å². The molecule has 0 aromatic rings. The Morgan fingerprint density at radius 2 is 2.22 bits per heavy atom. The maximum atomic E-state index is 9.22. The summed E-state index contributed by atoms with van der Waals surface area (Å²) in [6, 6.07) is 0. The monoisotopic (exact) mass is 152 g/mol. The molecule has 5 heteroatoms. The highest BCUT2D eigenvalue weighted by Gasteiger charge is 1.89. The van der Waals surface area contributed by atoms with Crippen LogP contribution in [0.1, 0.15) is 0 Å². The van der Waals surface area contributed by atoms with Crippen molar-refractivity contribution in [3.05, 3.63) is 0 Å². The normalized spacial score (nSPS) is 10.7. The molecule has 0 rings (SSSR count). The molecule has 4 nitrogen and oxygen atoms in total. The van der Waals surface area contributed by atoms with Crippen LogP contribution in [0.25, 0.3) is 0 Å². The van der Waals surface area contributed by atoms with Crippen molar-refractivity contribution >= 4 is 12.0 Å². The van der Waals surface area contributed by atoms with E-state index in [1.54, 1.807) is 0 Å². The van der Waals surface area contributed by atoms with Crippen LogP contribution in [-0.2, 0) is 9.37 Å². The lowest BCUT2D eigenvalue weighted by molar-refractivity contribution is -0.777. The molecule has 0 aromatic carbocycles. The third-order valence-corrected chi connectivity index (χ3v) is 1.20. The van der Waals surface area contributed by atoms with Crippen LogP contribution in [0.4, 0.5) is 0 Å². The van der Waals surface area contributed by atoms with Crippen LogP contribution in [0.3, 0.4) is 0 Å². The lowest BCUT2D eigenvalue weighted by atomic mass is 10.7. The average Bonchev–Trinajstić information content (AvgIpc) is 1.80. The predicted molar refractivity (Wildman–Crippen MR) is 33.2 cm³/mol. The van der Waals surface area contributed by atoms with E-state index in [1.807, 2.05) is 19.0 Å². The van der Waals surface area contributed by atoms with Gasteiger partial charge in [-0.1, -0.05) is 0 Å². The highest BCUT2D eigenvalue weighted by atomic mass is 32.2. The van der Waals surface area contributed by atoms with Gasteiger partial charge in [-0.2, -0.15) is 4.33 Å². The second-order valence-electron chi connectivity index (χ2n) is 1.76. The van der Waals surface area contributed by atoms with Crippen molar-refractivity contribution in [3.63, 3.8) is 0 Å². The fourth-order valence-corrected chi connectivity index (χ4v) is 0.821. The summed E-state index contributed by atoms with van der Waals surface area (Å²) >= 11 is 1.01. The Bertz CT molecular complexity index is 61.8. The number of nitrogens with zero attached hydrogens (tertiary/aromatic N) is 1.